The lowest BCUT2D eigenvalue weighted by Gasteiger charge is -2.23. The first kappa shape index (κ1) is 13.2. The lowest BCUT2D eigenvalue weighted by atomic mass is 10.2. The van der Waals surface area contributed by atoms with Gasteiger partial charge in [-0.05, 0) is 17.7 Å². The molecule has 0 spiro atoms. The van der Waals surface area contributed by atoms with E-state index < -0.39 is 0 Å². The van der Waals surface area contributed by atoms with E-state index in [2.05, 4.69) is 22.0 Å². The topological polar surface area (TPSA) is 16.1 Å². The average Bonchev–Trinajstić information content (AvgIpc) is 2.40. The third kappa shape index (κ3) is 3.37. The fourth-order valence-electron chi connectivity index (χ4n) is 1.78. The van der Waals surface area contributed by atoms with E-state index in [1.54, 1.807) is 6.20 Å². The molecule has 4 heteroatoms. The van der Waals surface area contributed by atoms with Gasteiger partial charge in [0.2, 0.25) is 0 Å². The van der Waals surface area contributed by atoms with Crippen molar-refractivity contribution in [2.45, 2.75) is 6.54 Å². The predicted octanol–water partition coefficient (Wildman–Crippen LogP) is 3.98. The molecule has 2 aromatic rings. The van der Waals surface area contributed by atoms with E-state index >= 15 is 0 Å². The van der Waals surface area contributed by atoms with Crippen LogP contribution in [0.3, 0.4) is 0 Å². The lowest BCUT2D eigenvalue weighted by molar-refractivity contribution is 0.817. The van der Waals surface area contributed by atoms with Crippen molar-refractivity contribution < 1.29 is 0 Å². The molecular formula is C14H14Cl2N2. The highest BCUT2D eigenvalue weighted by Gasteiger charge is 2.11. The molecule has 0 aliphatic carbocycles. The molecule has 0 atom stereocenters. The number of hydrogen-bond acceptors (Lipinski definition) is 2. The Bertz CT molecular complexity index is 488. The molecule has 0 fully saturated rings. The number of benzene rings is 1. The summed E-state index contributed by atoms with van der Waals surface area (Å²) >= 11 is 12.0. The minimum absolute atomic E-state index is 0.541. The monoisotopic (exact) mass is 280 g/mol. The van der Waals surface area contributed by atoms with Gasteiger partial charge >= 0.3 is 0 Å². The van der Waals surface area contributed by atoms with Crippen LogP contribution in [0, 0.1) is 0 Å². The lowest BCUT2D eigenvalue weighted by Crippen LogP contribution is -2.26. The molecular weight excluding hydrogens is 267 g/mol. The largest absolute Gasteiger partial charge is 0.350 e. The molecule has 18 heavy (non-hydrogen) atoms. The van der Waals surface area contributed by atoms with Crippen molar-refractivity contribution >= 4 is 29.0 Å². The Morgan fingerprint density at radius 3 is 2.50 bits per heavy atom. The molecule has 0 bridgehead atoms. The van der Waals surface area contributed by atoms with Crippen molar-refractivity contribution in [1.29, 1.82) is 0 Å². The molecule has 0 saturated heterocycles. The zero-order chi connectivity index (χ0) is 12.8. The molecule has 1 aromatic carbocycles. The minimum atomic E-state index is 0.541. The zero-order valence-electron chi connectivity index (χ0n) is 9.89. The summed E-state index contributed by atoms with van der Waals surface area (Å²) in [5, 5.41) is 0.651. The van der Waals surface area contributed by atoms with E-state index in [0.717, 1.165) is 12.4 Å². The van der Waals surface area contributed by atoms with E-state index in [0.29, 0.717) is 17.4 Å². The summed E-state index contributed by atoms with van der Waals surface area (Å²) in [4.78, 5) is 6.42. The second-order valence-electron chi connectivity index (χ2n) is 3.90. The highest BCUT2D eigenvalue weighted by molar-refractivity contribution is 6.32. The smallest absolute Gasteiger partial charge is 0.147 e. The van der Waals surface area contributed by atoms with Crippen LogP contribution < -0.4 is 4.90 Å². The van der Waals surface area contributed by atoms with Crippen molar-refractivity contribution in [3.63, 3.8) is 0 Å². The van der Waals surface area contributed by atoms with E-state index in [1.165, 1.54) is 5.56 Å². The summed E-state index contributed by atoms with van der Waals surface area (Å²) in [6, 6.07) is 13.9. The highest BCUT2D eigenvalue weighted by atomic mass is 35.5. The number of halogens is 2. The van der Waals surface area contributed by atoms with Gasteiger partial charge in [-0.1, -0.05) is 41.9 Å². The van der Waals surface area contributed by atoms with Crippen LogP contribution in [0.4, 0.5) is 5.82 Å². The van der Waals surface area contributed by atoms with Gasteiger partial charge < -0.3 is 4.90 Å². The molecule has 0 amide bonds. The Morgan fingerprint density at radius 2 is 1.83 bits per heavy atom. The standard InChI is InChI=1S/C14H14Cl2N2/c15-8-10-18(11-12-5-2-1-3-6-12)14-13(16)7-4-9-17-14/h1-7,9H,8,10-11H2. The van der Waals surface area contributed by atoms with Crippen LogP contribution in [0.15, 0.2) is 48.7 Å². The normalized spacial score (nSPS) is 10.3. The van der Waals surface area contributed by atoms with Gasteiger partial charge in [0.25, 0.3) is 0 Å². The SMILES string of the molecule is ClCCN(Cc1ccccc1)c1ncccc1Cl. The second kappa shape index (κ2) is 6.62. The van der Waals surface area contributed by atoms with Gasteiger partial charge in [-0.25, -0.2) is 4.98 Å². The average molecular weight is 281 g/mol. The molecule has 0 N–H and O–H groups in total. The van der Waals surface area contributed by atoms with Gasteiger partial charge in [0.15, 0.2) is 0 Å². The summed E-state index contributed by atoms with van der Waals surface area (Å²) in [7, 11) is 0. The van der Waals surface area contributed by atoms with Gasteiger partial charge in [0, 0.05) is 25.2 Å². The van der Waals surface area contributed by atoms with Crippen LogP contribution in [-0.4, -0.2) is 17.4 Å². The zero-order valence-corrected chi connectivity index (χ0v) is 11.4. The van der Waals surface area contributed by atoms with Crippen molar-refractivity contribution in [1.82, 2.24) is 4.98 Å². The van der Waals surface area contributed by atoms with Gasteiger partial charge in [-0.2, -0.15) is 0 Å². The Hall–Kier alpha value is -1.25. The third-order valence-electron chi connectivity index (χ3n) is 2.61. The molecule has 1 aromatic heterocycles. The first-order chi connectivity index (χ1) is 8.81. The summed E-state index contributed by atoms with van der Waals surface area (Å²) in [5.41, 5.74) is 1.21. The first-order valence-corrected chi connectivity index (χ1v) is 6.68. The predicted molar refractivity (Wildman–Crippen MR) is 77.5 cm³/mol. The molecule has 0 saturated carbocycles. The van der Waals surface area contributed by atoms with Crippen LogP contribution >= 0.6 is 23.2 Å². The van der Waals surface area contributed by atoms with E-state index in [9.17, 15) is 0 Å². The summed E-state index contributed by atoms with van der Waals surface area (Å²) in [6.45, 7) is 1.47. The van der Waals surface area contributed by atoms with E-state index in [-0.39, 0.29) is 0 Å². The van der Waals surface area contributed by atoms with Crippen molar-refractivity contribution in [2.75, 3.05) is 17.3 Å². The number of nitrogens with zero attached hydrogens (tertiary/aromatic N) is 2. The molecule has 2 rings (SSSR count). The third-order valence-corrected chi connectivity index (χ3v) is 3.07. The van der Waals surface area contributed by atoms with Gasteiger partial charge in [0.1, 0.15) is 5.82 Å². The van der Waals surface area contributed by atoms with E-state index in [1.807, 2.05) is 30.3 Å². The van der Waals surface area contributed by atoms with Gasteiger partial charge in [0.05, 0.1) is 5.02 Å². The Balaban J connectivity index is 2.21. The molecule has 0 unspecified atom stereocenters. The maximum Gasteiger partial charge on any atom is 0.147 e. The fourth-order valence-corrected chi connectivity index (χ4v) is 2.22. The molecule has 94 valence electrons. The van der Waals surface area contributed by atoms with Gasteiger partial charge in [-0.15, -0.1) is 11.6 Å². The molecule has 0 radical (unpaired) electrons. The number of rotatable bonds is 5. The van der Waals surface area contributed by atoms with Gasteiger partial charge in [-0.3, -0.25) is 0 Å². The maximum atomic E-state index is 6.17. The van der Waals surface area contributed by atoms with Crippen molar-refractivity contribution in [2.24, 2.45) is 0 Å². The van der Waals surface area contributed by atoms with Crippen LogP contribution in [0.1, 0.15) is 5.56 Å². The Labute approximate surface area is 117 Å². The van der Waals surface area contributed by atoms with E-state index in [4.69, 9.17) is 23.2 Å². The molecule has 2 nitrogen and oxygen atoms in total. The Morgan fingerprint density at radius 1 is 1.06 bits per heavy atom. The van der Waals surface area contributed by atoms with Crippen LogP contribution in [-0.2, 0) is 6.54 Å². The van der Waals surface area contributed by atoms with Crippen LogP contribution in [0.5, 0.6) is 0 Å². The highest BCUT2D eigenvalue weighted by Crippen LogP contribution is 2.23. The number of anilines is 1. The number of hydrogen-bond donors (Lipinski definition) is 0. The first-order valence-electron chi connectivity index (χ1n) is 5.76. The molecule has 0 aliphatic heterocycles. The fraction of sp³-hybridized carbons (Fsp3) is 0.214. The summed E-state index contributed by atoms with van der Waals surface area (Å²) < 4.78 is 0. The quantitative estimate of drug-likeness (QED) is 0.771. The Kier molecular flexibility index (Phi) is 4.85. The van der Waals surface area contributed by atoms with Crippen LogP contribution in [0.2, 0.25) is 5.02 Å². The van der Waals surface area contributed by atoms with Crippen molar-refractivity contribution in [3.05, 3.63) is 59.2 Å². The maximum absolute atomic E-state index is 6.17. The number of pyridine rings is 1. The number of alkyl halides is 1. The second-order valence-corrected chi connectivity index (χ2v) is 4.69. The minimum Gasteiger partial charge on any atom is -0.350 e. The summed E-state index contributed by atoms with van der Waals surface area (Å²) in [5.74, 6) is 1.32. The summed E-state index contributed by atoms with van der Waals surface area (Å²) in [6.07, 6.45) is 1.74. The number of aromatic nitrogens is 1. The molecule has 0 aliphatic rings. The molecule has 1 heterocycles. The van der Waals surface area contributed by atoms with Crippen molar-refractivity contribution in [3.8, 4) is 0 Å². The van der Waals surface area contributed by atoms with Crippen LogP contribution in [0.25, 0.3) is 0 Å².